The van der Waals surface area contributed by atoms with Crippen LogP contribution in [-0.2, 0) is 9.59 Å². The number of carbonyl (C=O) groups is 2. The molecule has 0 bridgehead atoms. The number of carbonyl (C=O) groups excluding carboxylic acids is 2. The van der Waals surface area contributed by atoms with Crippen LogP contribution in [-0.4, -0.2) is 34.5 Å². The van der Waals surface area contributed by atoms with Crippen molar-refractivity contribution in [1.82, 2.24) is 4.90 Å². The second-order valence-electron chi connectivity index (χ2n) is 4.62. The minimum atomic E-state index is -0.817. The average molecular weight is 223 g/mol. The molecule has 1 aliphatic carbocycles. The van der Waals surface area contributed by atoms with Crippen LogP contribution in [0.25, 0.3) is 0 Å². The zero-order valence-corrected chi connectivity index (χ0v) is 9.32. The van der Waals surface area contributed by atoms with Gasteiger partial charge in [-0.25, -0.2) is 0 Å². The number of hydrogen-bond acceptors (Lipinski definition) is 3. The van der Waals surface area contributed by atoms with Crippen molar-refractivity contribution in [1.29, 1.82) is 0 Å². The topological polar surface area (TPSA) is 57.6 Å². The van der Waals surface area contributed by atoms with Gasteiger partial charge in [0.1, 0.15) is 17.4 Å². The molecule has 1 amide bonds. The maximum atomic E-state index is 12.3. The first-order valence-corrected chi connectivity index (χ1v) is 5.75. The first kappa shape index (κ1) is 11.3. The first-order chi connectivity index (χ1) is 7.62. The molecule has 88 valence electrons. The van der Waals surface area contributed by atoms with Crippen LogP contribution in [0, 0.1) is 5.41 Å². The Morgan fingerprint density at radius 2 is 2.25 bits per heavy atom. The predicted molar refractivity (Wildman–Crippen MR) is 58.4 cm³/mol. The molecule has 2 aliphatic rings. The van der Waals surface area contributed by atoms with E-state index in [2.05, 4.69) is 6.58 Å². The molecule has 1 spiro atoms. The molecule has 0 aromatic rings. The normalized spacial score (nSPS) is 34.8. The lowest BCUT2D eigenvalue weighted by atomic mass is 9.76. The molecule has 0 aromatic carbocycles. The van der Waals surface area contributed by atoms with Crippen LogP contribution in [0.2, 0.25) is 0 Å². The molecule has 4 heteroatoms. The molecule has 0 aromatic heterocycles. The maximum absolute atomic E-state index is 12.3. The predicted octanol–water partition coefficient (Wildman–Crippen LogP) is 0.853. The number of ketones is 1. The zero-order chi connectivity index (χ0) is 11.8. The van der Waals surface area contributed by atoms with E-state index in [1.807, 2.05) is 0 Å². The fourth-order valence-corrected chi connectivity index (χ4v) is 2.81. The molecule has 0 radical (unpaired) electrons. The standard InChI is InChI=1S/C12H17NO3/c1-2-8-13-10(15)5-7-12(11(13)16)6-3-4-9(12)14/h2,10,15H,1,3-8H2. The second kappa shape index (κ2) is 4.01. The Hall–Kier alpha value is -1.16. The summed E-state index contributed by atoms with van der Waals surface area (Å²) in [5.74, 6) is -0.146. The lowest BCUT2D eigenvalue weighted by Gasteiger charge is -2.40. The summed E-state index contributed by atoms with van der Waals surface area (Å²) in [5.41, 5.74) is -0.817. The van der Waals surface area contributed by atoms with Crippen LogP contribution in [0.15, 0.2) is 12.7 Å². The van der Waals surface area contributed by atoms with Gasteiger partial charge in [-0.05, 0) is 25.7 Å². The van der Waals surface area contributed by atoms with Gasteiger partial charge in [-0.3, -0.25) is 9.59 Å². The number of hydrogen-bond donors (Lipinski definition) is 1. The fraction of sp³-hybridized carbons (Fsp3) is 0.667. The monoisotopic (exact) mass is 223 g/mol. The molecule has 1 heterocycles. The molecule has 2 atom stereocenters. The molecule has 2 fully saturated rings. The Kier molecular flexibility index (Phi) is 2.84. The third-order valence-corrected chi connectivity index (χ3v) is 3.73. The smallest absolute Gasteiger partial charge is 0.238 e. The molecule has 2 unspecified atom stereocenters. The van der Waals surface area contributed by atoms with Gasteiger partial charge in [-0.1, -0.05) is 6.08 Å². The Bertz CT molecular complexity index is 339. The van der Waals surface area contributed by atoms with E-state index in [0.717, 1.165) is 6.42 Å². The summed E-state index contributed by atoms with van der Waals surface area (Å²) >= 11 is 0. The highest BCUT2D eigenvalue weighted by Crippen LogP contribution is 2.44. The molecule has 1 aliphatic heterocycles. The highest BCUT2D eigenvalue weighted by molar-refractivity contribution is 6.07. The third kappa shape index (κ3) is 1.48. The molecular formula is C12H17NO3. The Labute approximate surface area is 94.9 Å². The largest absolute Gasteiger partial charge is 0.374 e. The number of nitrogens with zero attached hydrogens (tertiary/aromatic N) is 1. The number of piperidine rings is 1. The Balaban J connectivity index is 2.26. The van der Waals surface area contributed by atoms with Gasteiger partial charge in [0, 0.05) is 13.0 Å². The van der Waals surface area contributed by atoms with E-state index >= 15 is 0 Å². The van der Waals surface area contributed by atoms with Gasteiger partial charge < -0.3 is 10.0 Å². The van der Waals surface area contributed by atoms with Crippen LogP contribution in [0.4, 0.5) is 0 Å². The van der Waals surface area contributed by atoms with E-state index in [-0.39, 0.29) is 11.7 Å². The summed E-state index contributed by atoms with van der Waals surface area (Å²) in [7, 11) is 0. The van der Waals surface area contributed by atoms with Crippen LogP contribution < -0.4 is 0 Å². The van der Waals surface area contributed by atoms with Crippen molar-refractivity contribution in [2.24, 2.45) is 5.41 Å². The van der Waals surface area contributed by atoms with E-state index in [4.69, 9.17) is 0 Å². The molecule has 1 saturated carbocycles. The minimum absolute atomic E-state index is 0.0541. The molecule has 1 saturated heterocycles. The fourth-order valence-electron chi connectivity index (χ4n) is 2.81. The van der Waals surface area contributed by atoms with Gasteiger partial charge in [0.25, 0.3) is 0 Å². The lowest BCUT2D eigenvalue weighted by molar-refractivity contribution is -0.164. The zero-order valence-electron chi connectivity index (χ0n) is 9.32. The van der Waals surface area contributed by atoms with Gasteiger partial charge in [-0.15, -0.1) is 6.58 Å². The van der Waals surface area contributed by atoms with Gasteiger partial charge in [0.05, 0.1) is 0 Å². The number of likely N-dealkylation sites (tertiary alicyclic amines) is 1. The SMILES string of the molecule is C=CCN1C(=O)C2(CCCC2=O)CCC1O. The second-order valence-corrected chi connectivity index (χ2v) is 4.62. The number of amides is 1. The van der Waals surface area contributed by atoms with E-state index in [0.29, 0.717) is 32.2 Å². The van der Waals surface area contributed by atoms with Crippen LogP contribution in [0.5, 0.6) is 0 Å². The summed E-state index contributed by atoms with van der Waals surface area (Å²) in [6.07, 6.45) is 3.76. The number of aliphatic hydroxyl groups is 1. The number of rotatable bonds is 2. The molecule has 16 heavy (non-hydrogen) atoms. The average Bonchev–Trinajstić information content (AvgIpc) is 2.63. The van der Waals surface area contributed by atoms with E-state index in [1.165, 1.54) is 4.90 Å². The van der Waals surface area contributed by atoms with Gasteiger partial charge in [0.2, 0.25) is 5.91 Å². The van der Waals surface area contributed by atoms with Crippen molar-refractivity contribution in [3.8, 4) is 0 Å². The number of aliphatic hydroxyl groups excluding tert-OH is 1. The van der Waals surface area contributed by atoms with Gasteiger partial charge in [-0.2, -0.15) is 0 Å². The maximum Gasteiger partial charge on any atom is 0.238 e. The van der Waals surface area contributed by atoms with Crippen molar-refractivity contribution in [2.45, 2.75) is 38.3 Å². The molecule has 2 rings (SSSR count). The van der Waals surface area contributed by atoms with Gasteiger partial charge in [0.15, 0.2) is 0 Å². The molecule has 1 N–H and O–H groups in total. The van der Waals surface area contributed by atoms with Crippen molar-refractivity contribution < 1.29 is 14.7 Å². The van der Waals surface area contributed by atoms with E-state index in [1.54, 1.807) is 6.08 Å². The van der Waals surface area contributed by atoms with Crippen molar-refractivity contribution in [2.75, 3.05) is 6.54 Å². The summed E-state index contributed by atoms with van der Waals surface area (Å²) in [5, 5.41) is 9.75. The Morgan fingerprint density at radius 3 is 2.81 bits per heavy atom. The summed E-state index contributed by atoms with van der Waals surface area (Å²) in [6.45, 7) is 3.88. The van der Waals surface area contributed by atoms with E-state index < -0.39 is 11.6 Å². The third-order valence-electron chi connectivity index (χ3n) is 3.73. The van der Waals surface area contributed by atoms with Gasteiger partial charge >= 0.3 is 0 Å². The first-order valence-electron chi connectivity index (χ1n) is 5.75. The lowest BCUT2D eigenvalue weighted by Crippen LogP contribution is -2.55. The number of Topliss-reactive ketones (excluding diaryl/α,β-unsaturated/α-hetero) is 1. The molecule has 4 nitrogen and oxygen atoms in total. The highest BCUT2D eigenvalue weighted by Gasteiger charge is 2.53. The van der Waals surface area contributed by atoms with Crippen LogP contribution in [0.1, 0.15) is 32.1 Å². The quantitative estimate of drug-likeness (QED) is 0.558. The minimum Gasteiger partial charge on any atom is -0.374 e. The van der Waals surface area contributed by atoms with Crippen molar-refractivity contribution in [3.05, 3.63) is 12.7 Å². The summed E-state index contributed by atoms with van der Waals surface area (Å²) in [6, 6.07) is 0. The summed E-state index contributed by atoms with van der Waals surface area (Å²) in [4.78, 5) is 25.5. The summed E-state index contributed by atoms with van der Waals surface area (Å²) < 4.78 is 0. The van der Waals surface area contributed by atoms with Crippen molar-refractivity contribution in [3.63, 3.8) is 0 Å². The Morgan fingerprint density at radius 1 is 1.50 bits per heavy atom. The highest BCUT2D eigenvalue weighted by atomic mass is 16.3. The van der Waals surface area contributed by atoms with Crippen LogP contribution in [0.3, 0.4) is 0 Å². The van der Waals surface area contributed by atoms with Crippen LogP contribution >= 0.6 is 0 Å². The molecular weight excluding hydrogens is 206 g/mol. The van der Waals surface area contributed by atoms with Crippen molar-refractivity contribution >= 4 is 11.7 Å². The van der Waals surface area contributed by atoms with E-state index in [9.17, 15) is 14.7 Å².